The normalized spacial score (nSPS) is 18.9. The highest BCUT2D eigenvalue weighted by Gasteiger charge is 2.58. The van der Waals surface area contributed by atoms with E-state index >= 15 is 0 Å². The number of amides is 3. The van der Waals surface area contributed by atoms with Gasteiger partial charge in [0.05, 0.1) is 0 Å². The third-order valence-corrected chi connectivity index (χ3v) is 6.22. The first-order valence-corrected chi connectivity index (χ1v) is 10.7. The van der Waals surface area contributed by atoms with Crippen LogP contribution in [0.1, 0.15) is 11.1 Å². The number of fused-ring (bicyclic) bond motifs is 1. The minimum atomic E-state index is -1.53. The summed E-state index contributed by atoms with van der Waals surface area (Å²) in [5, 5.41) is 2.71. The molecule has 0 spiro atoms. The number of urea groups is 1. The van der Waals surface area contributed by atoms with E-state index in [2.05, 4.69) is 5.32 Å². The van der Waals surface area contributed by atoms with Crippen LogP contribution in [-0.4, -0.2) is 47.6 Å². The number of rotatable bonds is 3. The van der Waals surface area contributed by atoms with E-state index in [1.807, 2.05) is 0 Å². The van der Waals surface area contributed by atoms with Crippen molar-refractivity contribution < 1.29 is 27.5 Å². The highest BCUT2D eigenvalue weighted by molar-refractivity contribution is 5.89. The van der Waals surface area contributed by atoms with Crippen LogP contribution in [-0.2, 0) is 10.3 Å². The average Bonchev–Trinajstić information content (AvgIpc) is 3.13. The SMILES string of the molecule is O=C(Nc1ccc(F)cc1)N1CCN2C(=O)OC(c3cccc(F)c3)(c3cccc(F)c3)C2C1. The van der Waals surface area contributed by atoms with Gasteiger partial charge >= 0.3 is 12.1 Å². The van der Waals surface area contributed by atoms with Gasteiger partial charge in [0.25, 0.3) is 0 Å². The third kappa shape index (κ3) is 3.72. The van der Waals surface area contributed by atoms with Crippen molar-refractivity contribution >= 4 is 17.8 Å². The molecule has 0 radical (unpaired) electrons. The third-order valence-electron chi connectivity index (χ3n) is 6.22. The van der Waals surface area contributed by atoms with E-state index in [9.17, 15) is 22.8 Å². The highest BCUT2D eigenvalue weighted by Crippen LogP contribution is 2.46. The summed E-state index contributed by atoms with van der Waals surface area (Å²) < 4.78 is 47.6. The molecule has 0 aliphatic carbocycles. The van der Waals surface area contributed by atoms with Crippen LogP contribution < -0.4 is 5.32 Å². The summed E-state index contributed by atoms with van der Waals surface area (Å²) in [6.45, 7) is 0.444. The highest BCUT2D eigenvalue weighted by atomic mass is 19.1. The van der Waals surface area contributed by atoms with Crippen molar-refractivity contribution in [3.63, 3.8) is 0 Å². The van der Waals surface area contributed by atoms with Gasteiger partial charge in [-0.15, -0.1) is 0 Å². The van der Waals surface area contributed by atoms with Crippen molar-refractivity contribution in [2.24, 2.45) is 0 Å². The lowest BCUT2D eigenvalue weighted by Gasteiger charge is -2.42. The second-order valence-electron chi connectivity index (χ2n) is 8.22. The predicted molar refractivity (Wildman–Crippen MR) is 118 cm³/mol. The van der Waals surface area contributed by atoms with E-state index in [-0.39, 0.29) is 19.6 Å². The lowest BCUT2D eigenvalue weighted by Crippen LogP contribution is -2.59. The van der Waals surface area contributed by atoms with Crippen LogP contribution in [0.2, 0.25) is 0 Å². The number of benzene rings is 3. The average molecular weight is 467 g/mol. The van der Waals surface area contributed by atoms with Crippen molar-refractivity contribution in [1.82, 2.24) is 9.80 Å². The molecule has 1 N–H and O–H groups in total. The van der Waals surface area contributed by atoms with Crippen molar-refractivity contribution in [2.75, 3.05) is 25.0 Å². The molecule has 34 heavy (non-hydrogen) atoms. The molecule has 2 saturated heterocycles. The van der Waals surface area contributed by atoms with Crippen LogP contribution >= 0.6 is 0 Å². The van der Waals surface area contributed by atoms with Crippen LogP contribution in [0, 0.1) is 17.5 Å². The van der Waals surface area contributed by atoms with Crippen LogP contribution in [0.3, 0.4) is 0 Å². The van der Waals surface area contributed by atoms with Crippen molar-refractivity contribution in [1.29, 1.82) is 0 Å². The number of piperazine rings is 1. The molecule has 0 saturated carbocycles. The Morgan fingerprint density at radius 3 is 2.09 bits per heavy atom. The Balaban J connectivity index is 1.53. The fraction of sp³-hybridized carbons (Fsp3) is 0.200. The fourth-order valence-corrected chi connectivity index (χ4v) is 4.64. The topological polar surface area (TPSA) is 61.9 Å². The number of carbonyl (C=O) groups is 2. The lowest BCUT2D eigenvalue weighted by molar-refractivity contribution is 0.0520. The van der Waals surface area contributed by atoms with Gasteiger partial charge in [-0.05, 0) is 48.5 Å². The Morgan fingerprint density at radius 2 is 1.50 bits per heavy atom. The van der Waals surface area contributed by atoms with Crippen molar-refractivity contribution in [3.8, 4) is 0 Å². The maximum absolute atomic E-state index is 14.3. The molecule has 2 aliphatic heterocycles. The van der Waals surface area contributed by atoms with Gasteiger partial charge in [-0.3, -0.25) is 4.90 Å². The number of anilines is 1. The summed E-state index contributed by atoms with van der Waals surface area (Å²) >= 11 is 0. The van der Waals surface area contributed by atoms with Gasteiger partial charge in [-0.2, -0.15) is 0 Å². The number of halogens is 3. The Morgan fingerprint density at radius 1 is 0.882 bits per heavy atom. The molecule has 1 atom stereocenters. The molecule has 3 amide bonds. The van der Waals surface area contributed by atoms with Crippen LogP contribution in [0.5, 0.6) is 0 Å². The molecule has 0 bridgehead atoms. The number of nitrogens with zero attached hydrogens (tertiary/aromatic N) is 2. The molecule has 1 unspecified atom stereocenters. The van der Waals surface area contributed by atoms with E-state index in [0.717, 1.165) is 0 Å². The number of ether oxygens (including phenoxy) is 1. The summed E-state index contributed by atoms with van der Waals surface area (Å²) in [6, 6.07) is 15.4. The monoisotopic (exact) mass is 467 g/mol. The molecule has 0 aromatic heterocycles. The molecule has 9 heteroatoms. The summed E-state index contributed by atoms with van der Waals surface area (Å²) in [6.07, 6.45) is -0.628. The van der Waals surface area contributed by atoms with E-state index in [1.165, 1.54) is 70.5 Å². The zero-order valence-corrected chi connectivity index (χ0v) is 17.9. The second-order valence-corrected chi connectivity index (χ2v) is 8.22. The largest absolute Gasteiger partial charge is 0.431 e. The zero-order valence-electron chi connectivity index (χ0n) is 17.9. The summed E-state index contributed by atoms with van der Waals surface area (Å²) in [7, 11) is 0. The number of hydrogen-bond acceptors (Lipinski definition) is 3. The number of cyclic esters (lactones) is 1. The van der Waals surface area contributed by atoms with Gasteiger partial charge in [0.2, 0.25) is 0 Å². The molecule has 6 nitrogen and oxygen atoms in total. The first-order valence-electron chi connectivity index (χ1n) is 10.7. The van der Waals surface area contributed by atoms with Crippen molar-refractivity contribution in [3.05, 3.63) is 101 Å². The quantitative estimate of drug-likeness (QED) is 0.607. The minimum Gasteiger partial charge on any atom is -0.431 e. The molecule has 5 rings (SSSR count). The van der Waals surface area contributed by atoms with Crippen molar-refractivity contribution in [2.45, 2.75) is 11.6 Å². The van der Waals surface area contributed by atoms with Crippen LogP contribution in [0.15, 0.2) is 72.8 Å². The number of nitrogens with one attached hydrogen (secondary N) is 1. The zero-order chi connectivity index (χ0) is 23.9. The predicted octanol–water partition coefficient (Wildman–Crippen LogP) is 4.72. The smallest absolute Gasteiger partial charge is 0.411 e. The second kappa shape index (κ2) is 8.40. The molecule has 3 aromatic carbocycles. The number of carbonyl (C=O) groups excluding carboxylic acids is 2. The molecule has 2 aliphatic rings. The number of hydrogen-bond donors (Lipinski definition) is 1. The Labute approximate surface area is 193 Å². The lowest BCUT2D eigenvalue weighted by atomic mass is 9.79. The summed E-state index contributed by atoms with van der Waals surface area (Å²) in [5.41, 5.74) is -0.454. The van der Waals surface area contributed by atoms with E-state index < -0.39 is 41.2 Å². The first kappa shape index (κ1) is 21.8. The molecule has 2 heterocycles. The molecular weight excluding hydrogens is 447 g/mol. The minimum absolute atomic E-state index is 0.0474. The fourth-order valence-electron chi connectivity index (χ4n) is 4.64. The Kier molecular flexibility index (Phi) is 5.39. The standard InChI is InChI=1S/C25H20F3N3O3/c26-18-7-9-21(10-8-18)29-23(32)30-11-12-31-22(15-30)25(34-24(31)33,16-3-1-5-19(27)13-16)17-4-2-6-20(28)14-17/h1-10,13-14,22H,11-12,15H2,(H,29,32). The Hall–Kier alpha value is -4.01. The molecular formula is C25H20F3N3O3. The van der Waals surface area contributed by atoms with Gasteiger partial charge in [-0.1, -0.05) is 24.3 Å². The van der Waals surface area contributed by atoms with Gasteiger partial charge in [0.15, 0.2) is 5.60 Å². The van der Waals surface area contributed by atoms with E-state index in [4.69, 9.17) is 4.74 Å². The van der Waals surface area contributed by atoms with Crippen LogP contribution in [0.4, 0.5) is 28.4 Å². The van der Waals surface area contributed by atoms with Gasteiger partial charge in [0.1, 0.15) is 23.5 Å². The molecule has 174 valence electrons. The maximum Gasteiger partial charge on any atom is 0.411 e. The van der Waals surface area contributed by atoms with Crippen LogP contribution in [0.25, 0.3) is 0 Å². The van der Waals surface area contributed by atoms with Gasteiger partial charge < -0.3 is 15.0 Å². The van der Waals surface area contributed by atoms with Gasteiger partial charge in [0, 0.05) is 36.4 Å². The Bertz CT molecular complexity index is 1210. The maximum atomic E-state index is 14.3. The summed E-state index contributed by atoms with van der Waals surface area (Å²) in [5.74, 6) is -1.50. The molecule has 2 fully saturated rings. The van der Waals surface area contributed by atoms with E-state index in [0.29, 0.717) is 16.8 Å². The van der Waals surface area contributed by atoms with Gasteiger partial charge in [-0.25, -0.2) is 22.8 Å². The molecule has 3 aromatic rings. The summed E-state index contributed by atoms with van der Waals surface area (Å²) in [4.78, 5) is 28.9. The van der Waals surface area contributed by atoms with E-state index in [1.54, 1.807) is 12.1 Å². The first-order chi connectivity index (χ1) is 16.4.